The summed E-state index contributed by atoms with van der Waals surface area (Å²) in [5.41, 5.74) is 1.39. The van der Waals surface area contributed by atoms with Crippen molar-refractivity contribution in [2.75, 3.05) is 51.8 Å². The van der Waals surface area contributed by atoms with Crippen LogP contribution in [-0.2, 0) is 6.54 Å². The van der Waals surface area contributed by atoms with Gasteiger partial charge >= 0.3 is 6.61 Å². The van der Waals surface area contributed by atoms with Gasteiger partial charge in [0, 0.05) is 42.1 Å². The molecule has 0 radical (unpaired) electrons. The van der Waals surface area contributed by atoms with Crippen LogP contribution in [0.5, 0.6) is 5.75 Å². The van der Waals surface area contributed by atoms with Crippen LogP contribution in [0.15, 0.2) is 53.9 Å². The quantitative estimate of drug-likeness (QED) is 0.191. The third kappa shape index (κ3) is 6.94. The standard InChI is InChI=1S/C28H32F2N12O2S/c1-38(2)9-5-10-39-14-18(15-39)42-35-24(34-37-42)17-40-16-22(33-27(43)21-13-32-41-11-4-8-31-26(21)41)25(36-40)20-12-19(45-3)6-7-23(20)44-28(29)30/h4,6-8,11-13,16,18,28H,5,9-10,14-15,17H2,1-3H3,(H,33,43). The molecule has 0 saturated carbocycles. The number of anilines is 1. The number of carbonyl (C=O) groups excluding carboxylic acids is 1. The normalized spacial score (nSPS) is 14.0. The highest BCUT2D eigenvalue weighted by molar-refractivity contribution is 7.98. The number of hydrogen-bond acceptors (Lipinski definition) is 11. The first kappa shape index (κ1) is 30.5. The fourth-order valence-corrected chi connectivity index (χ4v) is 5.53. The number of aromatic nitrogens is 9. The van der Waals surface area contributed by atoms with Gasteiger partial charge in [-0.3, -0.25) is 14.4 Å². The van der Waals surface area contributed by atoms with Crippen molar-refractivity contribution in [3.05, 3.63) is 60.4 Å². The third-order valence-corrected chi connectivity index (χ3v) is 8.03. The van der Waals surface area contributed by atoms with Crippen molar-refractivity contribution in [2.45, 2.75) is 30.5 Å². The van der Waals surface area contributed by atoms with Crippen molar-refractivity contribution < 1.29 is 18.3 Å². The van der Waals surface area contributed by atoms with Gasteiger partial charge in [0.2, 0.25) is 0 Å². The molecule has 1 aliphatic heterocycles. The zero-order chi connectivity index (χ0) is 31.5. The lowest BCUT2D eigenvalue weighted by Gasteiger charge is -2.38. The Bertz CT molecular complexity index is 1780. The highest BCUT2D eigenvalue weighted by atomic mass is 32.2. The minimum atomic E-state index is -3.05. The molecule has 5 aromatic rings. The number of halogens is 2. The number of alkyl halides is 2. The number of fused-ring (bicyclic) bond motifs is 1. The Labute approximate surface area is 261 Å². The van der Waals surface area contributed by atoms with E-state index in [1.807, 2.05) is 6.26 Å². The summed E-state index contributed by atoms with van der Waals surface area (Å²) in [5.74, 6) is -0.154. The van der Waals surface area contributed by atoms with Gasteiger partial charge in [0.1, 0.15) is 23.6 Å². The van der Waals surface area contributed by atoms with E-state index in [2.05, 4.69) is 59.8 Å². The molecule has 14 nitrogen and oxygen atoms in total. The molecule has 4 aromatic heterocycles. The van der Waals surface area contributed by atoms with Gasteiger partial charge in [0.25, 0.3) is 5.91 Å². The summed E-state index contributed by atoms with van der Waals surface area (Å²) in [5, 5.41) is 24.7. The maximum absolute atomic E-state index is 13.4. The number of thioether (sulfide) groups is 1. The minimum Gasteiger partial charge on any atom is -0.434 e. The number of tetrazole rings is 1. The number of carbonyl (C=O) groups is 1. The maximum atomic E-state index is 13.4. The van der Waals surface area contributed by atoms with Gasteiger partial charge in [0.15, 0.2) is 11.5 Å². The van der Waals surface area contributed by atoms with E-state index >= 15 is 0 Å². The molecule has 236 valence electrons. The van der Waals surface area contributed by atoms with Crippen molar-refractivity contribution in [3.63, 3.8) is 0 Å². The van der Waals surface area contributed by atoms with E-state index < -0.39 is 12.5 Å². The molecule has 0 atom stereocenters. The van der Waals surface area contributed by atoms with Gasteiger partial charge in [-0.15, -0.1) is 22.0 Å². The SMILES string of the molecule is CSc1ccc(OC(F)F)c(-c2nn(Cc3nnn(C4CN(CCCN(C)C)C4)n3)cc2NC(=O)c2cnn3cccnc23)c1. The van der Waals surface area contributed by atoms with Gasteiger partial charge < -0.3 is 15.0 Å². The van der Waals surface area contributed by atoms with Gasteiger partial charge in [-0.25, -0.2) is 9.50 Å². The van der Waals surface area contributed by atoms with E-state index in [1.165, 1.54) is 33.2 Å². The number of benzene rings is 1. The van der Waals surface area contributed by atoms with Crippen LogP contribution in [0.1, 0.15) is 28.6 Å². The van der Waals surface area contributed by atoms with E-state index in [1.54, 1.807) is 41.6 Å². The number of likely N-dealkylation sites (tertiary alicyclic amines) is 1. The van der Waals surface area contributed by atoms with Crippen molar-refractivity contribution in [1.82, 2.24) is 54.4 Å². The fourth-order valence-electron chi connectivity index (χ4n) is 5.09. The first-order chi connectivity index (χ1) is 21.8. The number of rotatable bonds is 13. The van der Waals surface area contributed by atoms with Gasteiger partial charge in [0.05, 0.1) is 17.9 Å². The predicted molar refractivity (Wildman–Crippen MR) is 163 cm³/mol. The van der Waals surface area contributed by atoms with Crippen LogP contribution in [0.2, 0.25) is 0 Å². The van der Waals surface area contributed by atoms with E-state index in [0.717, 1.165) is 37.5 Å². The first-order valence-corrected chi connectivity index (χ1v) is 15.5. The summed E-state index contributed by atoms with van der Waals surface area (Å²) < 4.78 is 34.6. The molecular formula is C28H32F2N12O2S. The average molecular weight is 639 g/mol. The maximum Gasteiger partial charge on any atom is 0.387 e. The molecular weight excluding hydrogens is 606 g/mol. The Morgan fingerprint density at radius 1 is 1.24 bits per heavy atom. The molecule has 1 amide bonds. The van der Waals surface area contributed by atoms with Crippen LogP contribution >= 0.6 is 11.8 Å². The molecule has 0 aliphatic carbocycles. The monoisotopic (exact) mass is 638 g/mol. The molecule has 1 fully saturated rings. The molecule has 1 saturated heterocycles. The van der Waals surface area contributed by atoms with Crippen molar-refractivity contribution in [3.8, 4) is 17.0 Å². The first-order valence-electron chi connectivity index (χ1n) is 14.2. The minimum absolute atomic E-state index is 0.0783. The van der Waals surface area contributed by atoms with Crippen LogP contribution in [0, 0.1) is 0 Å². The summed E-state index contributed by atoms with van der Waals surface area (Å²) >= 11 is 1.43. The van der Waals surface area contributed by atoms with Crippen LogP contribution in [0.3, 0.4) is 0 Å². The predicted octanol–water partition coefficient (Wildman–Crippen LogP) is 3.01. The zero-order valence-corrected chi connectivity index (χ0v) is 25.7. The Hall–Kier alpha value is -4.48. The van der Waals surface area contributed by atoms with Crippen molar-refractivity contribution >= 4 is 29.0 Å². The summed E-state index contributed by atoms with van der Waals surface area (Å²) in [6.07, 6.45) is 9.21. The van der Waals surface area contributed by atoms with E-state index in [9.17, 15) is 13.6 Å². The largest absolute Gasteiger partial charge is 0.434 e. The van der Waals surface area contributed by atoms with Crippen LogP contribution in [0.4, 0.5) is 14.5 Å². The zero-order valence-electron chi connectivity index (χ0n) is 24.9. The number of ether oxygens (including phenoxy) is 1. The van der Waals surface area contributed by atoms with E-state index in [-0.39, 0.29) is 40.8 Å². The molecule has 1 aromatic carbocycles. The fraction of sp³-hybridized carbons (Fsp3) is 0.393. The molecule has 45 heavy (non-hydrogen) atoms. The molecule has 6 rings (SSSR count). The lowest BCUT2D eigenvalue weighted by molar-refractivity contribution is -0.0494. The van der Waals surface area contributed by atoms with E-state index in [0.29, 0.717) is 11.5 Å². The van der Waals surface area contributed by atoms with Gasteiger partial charge in [-0.05, 0) is 69.3 Å². The molecule has 0 spiro atoms. The molecule has 5 heterocycles. The Balaban J connectivity index is 1.26. The van der Waals surface area contributed by atoms with Gasteiger partial charge in [-0.1, -0.05) is 0 Å². The lowest BCUT2D eigenvalue weighted by Crippen LogP contribution is -2.49. The van der Waals surface area contributed by atoms with E-state index in [4.69, 9.17) is 4.74 Å². The van der Waals surface area contributed by atoms with Crippen LogP contribution < -0.4 is 10.1 Å². The highest BCUT2D eigenvalue weighted by Crippen LogP contribution is 2.38. The third-order valence-electron chi connectivity index (χ3n) is 7.31. The smallest absolute Gasteiger partial charge is 0.387 e. The Morgan fingerprint density at radius 3 is 2.87 bits per heavy atom. The second-order valence-corrected chi connectivity index (χ2v) is 11.7. The second-order valence-electron chi connectivity index (χ2n) is 10.8. The number of hydrogen-bond donors (Lipinski definition) is 1. The van der Waals surface area contributed by atoms with Crippen molar-refractivity contribution in [1.29, 1.82) is 0 Å². The molecule has 17 heteroatoms. The van der Waals surface area contributed by atoms with Crippen LogP contribution in [0.25, 0.3) is 16.9 Å². The number of nitrogens with zero attached hydrogens (tertiary/aromatic N) is 11. The topological polar surface area (TPSA) is 136 Å². The molecule has 0 bridgehead atoms. The molecule has 1 N–H and O–H groups in total. The molecule has 0 unspecified atom stereocenters. The summed E-state index contributed by atoms with van der Waals surface area (Å²) in [6.45, 7) is 0.831. The van der Waals surface area contributed by atoms with Gasteiger partial charge in [-0.2, -0.15) is 23.8 Å². The van der Waals surface area contributed by atoms with Crippen LogP contribution in [-0.4, -0.2) is 113 Å². The van der Waals surface area contributed by atoms with Crippen molar-refractivity contribution in [2.24, 2.45) is 0 Å². The summed E-state index contributed by atoms with van der Waals surface area (Å²) in [6, 6.07) is 6.67. The summed E-state index contributed by atoms with van der Waals surface area (Å²) in [7, 11) is 4.13. The number of amides is 1. The summed E-state index contributed by atoms with van der Waals surface area (Å²) in [4.78, 5) is 24.6. The lowest BCUT2D eigenvalue weighted by atomic mass is 10.1. The Morgan fingerprint density at radius 2 is 2.09 bits per heavy atom. The Kier molecular flexibility index (Phi) is 8.99. The molecule has 1 aliphatic rings. The highest BCUT2D eigenvalue weighted by Gasteiger charge is 2.30. The second kappa shape index (κ2) is 13.3. The average Bonchev–Trinajstić information content (AvgIpc) is 3.73. The number of nitrogens with one attached hydrogen (secondary N) is 1.